The largest absolute Gasteiger partial charge is 0.462 e. The molecule has 0 radical (unpaired) electrons. The van der Waals surface area contributed by atoms with Crippen LogP contribution in [0.3, 0.4) is 0 Å². The Bertz CT molecular complexity index is 1100. The minimum Gasteiger partial charge on any atom is -0.462 e. The van der Waals surface area contributed by atoms with E-state index >= 15 is 0 Å². The maximum atomic E-state index is 12.7. The Morgan fingerprint density at radius 1 is 0.509 bits per heavy atom. The van der Waals surface area contributed by atoms with E-state index in [1.165, 1.54) is 64.2 Å². The summed E-state index contributed by atoms with van der Waals surface area (Å²) in [5.74, 6) is -0.424. The van der Waals surface area contributed by atoms with Gasteiger partial charge in [-0.3, -0.25) is 9.59 Å². The van der Waals surface area contributed by atoms with Crippen LogP contribution in [-0.4, -0.2) is 49.2 Å². The van der Waals surface area contributed by atoms with Gasteiger partial charge in [0.1, 0.15) is 12.7 Å². The topological polar surface area (TPSA) is 55.8 Å². The number of esters is 2. The van der Waals surface area contributed by atoms with Crippen molar-refractivity contribution in [1.82, 2.24) is 4.90 Å². The Kier molecular flexibility index (Phi) is 34.8. The quantitative estimate of drug-likeness (QED) is 0.0375. The van der Waals surface area contributed by atoms with Crippen molar-refractivity contribution in [2.75, 3.05) is 26.2 Å². The monoisotopic (exact) mass is 732 g/mol. The zero-order chi connectivity index (χ0) is 38.1. The molecule has 1 atom stereocenters. The lowest BCUT2D eigenvalue weighted by atomic mass is 10.2. The van der Waals surface area contributed by atoms with Gasteiger partial charge in [-0.1, -0.05) is 137 Å². The normalized spacial score (nSPS) is 15.1. The van der Waals surface area contributed by atoms with E-state index in [9.17, 15) is 9.59 Å². The fourth-order valence-electron chi connectivity index (χ4n) is 5.86. The summed E-state index contributed by atoms with van der Waals surface area (Å²) in [4.78, 5) is 27.5. The van der Waals surface area contributed by atoms with Gasteiger partial charge in [0.2, 0.25) is 0 Å². The van der Waals surface area contributed by atoms with Crippen LogP contribution in [0.25, 0.3) is 0 Å². The summed E-state index contributed by atoms with van der Waals surface area (Å²) in [6.07, 6.45) is 58.0. The number of allylic oxidation sites excluding steroid dienone is 16. The van der Waals surface area contributed by atoms with Gasteiger partial charge in [-0.15, -0.1) is 0 Å². The summed E-state index contributed by atoms with van der Waals surface area (Å²) in [7, 11) is 0. The number of carbonyl (C=O) groups excluding carboxylic acids is 2. The van der Waals surface area contributed by atoms with Crippen LogP contribution in [0.15, 0.2) is 97.2 Å². The summed E-state index contributed by atoms with van der Waals surface area (Å²) in [6.45, 7) is 7.66. The first-order chi connectivity index (χ1) is 26.2. The number of rotatable bonds is 34. The summed E-state index contributed by atoms with van der Waals surface area (Å²) in [6, 6.07) is 0. The predicted octanol–water partition coefficient (Wildman–Crippen LogP) is 13.2. The molecular weight excluding hydrogens is 655 g/mol. The van der Waals surface area contributed by atoms with Crippen LogP contribution in [0.5, 0.6) is 0 Å². The maximum absolute atomic E-state index is 12.7. The molecule has 0 aromatic heterocycles. The first-order valence-electron chi connectivity index (χ1n) is 21.4. The Morgan fingerprint density at radius 3 is 1.30 bits per heavy atom. The Balaban J connectivity index is 2.20. The van der Waals surface area contributed by atoms with Crippen molar-refractivity contribution in [2.45, 2.75) is 168 Å². The van der Waals surface area contributed by atoms with Crippen molar-refractivity contribution in [3.63, 3.8) is 0 Å². The molecule has 1 aliphatic heterocycles. The van der Waals surface area contributed by atoms with Crippen molar-refractivity contribution in [1.29, 1.82) is 0 Å². The molecular formula is C48H77NO4. The third-order valence-electron chi connectivity index (χ3n) is 9.11. The molecule has 0 saturated carbocycles. The lowest BCUT2D eigenvalue weighted by Crippen LogP contribution is -2.30. The smallest absolute Gasteiger partial charge is 0.306 e. The van der Waals surface area contributed by atoms with Gasteiger partial charge in [0.05, 0.1) is 0 Å². The van der Waals surface area contributed by atoms with Crippen molar-refractivity contribution >= 4 is 11.9 Å². The van der Waals surface area contributed by atoms with E-state index in [0.717, 1.165) is 83.8 Å². The molecule has 0 aliphatic carbocycles. The maximum Gasteiger partial charge on any atom is 0.306 e. The molecule has 1 unspecified atom stereocenters. The average molecular weight is 732 g/mol. The van der Waals surface area contributed by atoms with E-state index in [-0.39, 0.29) is 18.5 Å². The molecule has 1 rings (SSSR count). The molecule has 1 fully saturated rings. The first kappa shape index (κ1) is 47.8. The minimum absolute atomic E-state index is 0.139. The highest BCUT2D eigenvalue weighted by atomic mass is 16.6. The van der Waals surface area contributed by atoms with E-state index in [4.69, 9.17) is 9.47 Å². The number of unbranched alkanes of at least 4 members (excludes halogenated alkanes) is 8. The molecule has 0 aromatic carbocycles. The van der Waals surface area contributed by atoms with E-state index in [2.05, 4.69) is 116 Å². The molecule has 0 bridgehead atoms. The van der Waals surface area contributed by atoms with Crippen molar-refractivity contribution in [3.8, 4) is 0 Å². The number of ether oxygens (including phenoxy) is 2. The number of nitrogens with zero attached hydrogens (tertiary/aromatic N) is 1. The van der Waals surface area contributed by atoms with E-state index in [1.807, 2.05) is 0 Å². The van der Waals surface area contributed by atoms with Crippen LogP contribution in [0.4, 0.5) is 0 Å². The zero-order valence-electron chi connectivity index (χ0n) is 34.0. The van der Waals surface area contributed by atoms with Gasteiger partial charge in [0, 0.05) is 25.8 Å². The Hall–Kier alpha value is -3.18. The van der Waals surface area contributed by atoms with Gasteiger partial charge in [-0.25, -0.2) is 0 Å². The van der Waals surface area contributed by atoms with Gasteiger partial charge in [0.15, 0.2) is 0 Å². The third kappa shape index (κ3) is 34.3. The fraction of sp³-hybridized carbons (Fsp3) is 0.625. The SMILES string of the molecule is CCCCC/C=C\C/C=C\C/C=C\C/C=C\CCCC(=O)OCC(CCN1CCCC1)OC(=O)CCC/C=C\C/C=C\C/C=C\C/C=C\CCCCC. The lowest BCUT2D eigenvalue weighted by molar-refractivity contribution is -0.159. The standard InChI is InChI=1S/C48H77NO4/c1-3-5-7-9-11-13-15-17-19-21-23-25-27-29-31-33-35-39-47(50)52-45-46(41-44-49-42-37-38-43-49)53-48(51)40-36-34-32-30-28-26-24-22-20-18-16-14-12-10-8-6-4-2/h11-14,17-20,23-26,29-32,46H,3-10,15-16,21-22,27-28,33-45H2,1-2H3/b13-11-,14-12-,19-17-,20-18-,25-23-,26-24-,31-29-,32-30-. The number of likely N-dealkylation sites (tertiary alicyclic amines) is 1. The summed E-state index contributed by atoms with van der Waals surface area (Å²) >= 11 is 0. The summed E-state index contributed by atoms with van der Waals surface area (Å²) in [5, 5.41) is 0. The second-order valence-electron chi connectivity index (χ2n) is 14.1. The summed E-state index contributed by atoms with van der Waals surface area (Å²) in [5.41, 5.74) is 0. The van der Waals surface area contributed by atoms with Gasteiger partial charge < -0.3 is 14.4 Å². The van der Waals surface area contributed by atoms with Gasteiger partial charge in [0.25, 0.3) is 0 Å². The van der Waals surface area contributed by atoms with E-state index < -0.39 is 6.10 Å². The molecule has 1 aliphatic rings. The van der Waals surface area contributed by atoms with Gasteiger partial charge >= 0.3 is 11.9 Å². The highest BCUT2D eigenvalue weighted by Gasteiger charge is 2.20. The number of hydrogen-bond donors (Lipinski definition) is 0. The highest BCUT2D eigenvalue weighted by molar-refractivity contribution is 5.70. The number of hydrogen-bond acceptors (Lipinski definition) is 5. The molecule has 0 amide bonds. The lowest BCUT2D eigenvalue weighted by Gasteiger charge is -2.21. The predicted molar refractivity (Wildman–Crippen MR) is 228 cm³/mol. The summed E-state index contributed by atoms with van der Waals surface area (Å²) < 4.78 is 11.4. The molecule has 298 valence electrons. The molecule has 53 heavy (non-hydrogen) atoms. The number of carbonyl (C=O) groups is 2. The Labute approximate surface area is 326 Å². The van der Waals surface area contributed by atoms with Gasteiger partial charge in [-0.05, 0) is 116 Å². The molecule has 1 saturated heterocycles. The molecule has 5 nitrogen and oxygen atoms in total. The molecule has 1 heterocycles. The van der Waals surface area contributed by atoms with Gasteiger partial charge in [-0.2, -0.15) is 0 Å². The second kappa shape index (κ2) is 38.5. The van der Waals surface area contributed by atoms with E-state index in [1.54, 1.807) is 0 Å². The first-order valence-corrected chi connectivity index (χ1v) is 21.4. The van der Waals surface area contributed by atoms with Crippen LogP contribution < -0.4 is 0 Å². The highest BCUT2D eigenvalue weighted by Crippen LogP contribution is 2.12. The van der Waals surface area contributed by atoms with Crippen LogP contribution in [0.1, 0.15) is 162 Å². The van der Waals surface area contributed by atoms with Crippen LogP contribution in [-0.2, 0) is 19.1 Å². The van der Waals surface area contributed by atoms with Crippen molar-refractivity contribution < 1.29 is 19.1 Å². The third-order valence-corrected chi connectivity index (χ3v) is 9.11. The fourth-order valence-corrected chi connectivity index (χ4v) is 5.86. The average Bonchev–Trinajstić information content (AvgIpc) is 3.69. The van der Waals surface area contributed by atoms with Crippen LogP contribution in [0, 0.1) is 0 Å². The minimum atomic E-state index is -0.392. The Morgan fingerprint density at radius 2 is 0.887 bits per heavy atom. The van der Waals surface area contributed by atoms with E-state index in [0.29, 0.717) is 19.3 Å². The van der Waals surface area contributed by atoms with Crippen LogP contribution >= 0.6 is 0 Å². The van der Waals surface area contributed by atoms with Crippen molar-refractivity contribution in [2.24, 2.45) is 0 Å². The molecule has 0 spiro atoms. The van der Waals surface area contributed by atoms with Crippen molar-refractivity contribution in [3.05, 3.63) is 97.2 Å². The molecule has 0 aromatic rings. The van der Waals surface area contributed by atoms with Crippen LogP contribution in [0.2, 0.25) is 0 Å². The molecule has 0 N–H and O–H groups in total. The second-order valence-corrected chi connectivity index (χ2v) is 14.1. The zero-order valence-corrected chi connectivity index (χ0v) is 34.0. The molecule has 5 heteroatoms.